The van der Waals surface area contributed by atoms with E-state index in [1.165, 1.54) is 16.2 Å². The fourth-order valence-corrected chi connectivity index (χ4v) is 3.46. The summed E-state index contributed by atoms with van der Waals surface area (Å²) < 4.78 is 0. The Morgan fingerprint density at radius 1 is 1.12 bits per heavy atom. The average Bonchev–Trinajstić information content (AvgIpc) is 3.14. The number of rotatable bonds is 8. The SMILES string of the molecule is CSc1ccccc1NC(=O)CN(C)C(=O)CCC(=O)c1cccs1. The number of nitrogens with one attached hydrogen (secondary N) is 1. The first-order chi connectivity index (χ1) is 12.0. The van der Waals surface area contributed by atoms with Crippen LogP contribution in [-0.4, -0.2) is 42.3 Å². The number of nitrogens with zero attached hydrogens (tertiary/aromatic N) is 1. The molecule has 0 saturated carbocycles. The lowest BCUT2D eigenvalue weighted by Gasteiger charge is -2.17. The van der Waals surface area contributed by atoms with Crippen molar-refractivity contribution >= 4 is 46.4 Å². The zero-order chi connectivity index (χ0) is 18.2. The summed E-state index contributed by atoms with van der Waals surface area (Å²) >= 11 is 2.91. The Morgan fingerprint density at radius 3 is 2.56 bits per heavy atom. The number of para-hydroxylation sites is 1. The van der Waals surface area contributed by atoms with Gasteiger partial charge < -0.3 is 10.2 Å². The largest absolute Gasteiger partial charge is 0.336 e. The van der Waals surface area contributed by atoms with Crippen LogP contribution in [0.3, 0.4) is 0 Å². The maximum atomic E-state index is 12.1. The third-order valence-corrected chi connectivity index (χ3v) is 5.26. The highest BCUT2D eigenvalue weighted by Gasteiger charge is 2.16. The molecule has 0 spiro atoms. The maximum Gasteiger partial charge on any atom is 0.244 e. The normalized spacial score (nSPS) is 10.3. The number of amides is 2. The molecule has 132 valence electrons. The number of carbonyl (C=O) groups is 3. The topological polar surface area (TPSA) is 66.5 Å². The summed E-state index contributed by atoms with van der Waals surface area (Å²) in [7, 11) is 1.57. The number of likely N-dealkylation sites (N-methyl/N-ethyl adjacent to an activating group) is 1. The minimum absolute atomic E-state index is 0.0462. The number of thiophene rings is 1. The van der Waals surface area contributed by atoms with Gasteiger partial charge in [0.25, 0.3) is 0 Å². The van der Waals surface area contributed by atoms with Crippen LogP contribution in [0.25, 0.3) is 0 Å². The second-order valence-electron chi connectivity index (χ2n) is 5.40. The van der Waals surface area contributed by atoms with Crippen LogP contribution in [0.15, 0.2) is 46.7 Å². The number of ketones is 1. The molecule has 7 heteroatoms. The molecule has 0 fully saturated rings. The third kappa shape index (κ3) is 5.72. The van der Waals surface area contributed by atoms with Gasteiger partial charge in [-0.1, -0.05) is 18.2 Å². The molecule has 5 nitrogen and oxygen atoms in total. The van der Waals surface area contributed by atoms with Crippen molar-refractivity contribution in [2.24, 2.45) is 0 Å². The van der Waals surface area contributed by atoms with Crippen LogP contribution in [0.2, 0.25) is 0 Å². The van der Waals surface area contributed by atoms with E-state index >= 15 is 0 Å². The van der Waals surface area contributed by atoms with Crippen molar-refractivity contribution in [1.82, 2.24) is 4.90 Å². The minimum Gasteiger partial charge on any atom is -0.336 e. The zero-order valence-corrected chi connectivity index (χ0v) is 15.8. The van der Waals surface area contributed by atoms with Gasteiger partial charge in [-0.3, -0.25) is 14.4 Å². The van der Waals surface area contributed by atoms with Gasteiger partial charge in [-0.05, 0) is 29.8 Å². The Morgan fingerprint density at radius 2 is 1.88 bits per heavy atom. The van der Waals surface area contributed by atoms with Gasteiger partial charge in [0, 0.05) is 24.8 Å². The highest BCUT2D eigenvalue weighted by atomic mass is 32.2. The van der Waals surface area contributed by atoms with E-state index in [4.69, 9.17) is 0 Å². The molecule has 2 aromatic rings. The number of hydrogen-bond acceptors (Lipinski definition) is 5. The second-order valence-corrected chi connectivity index (χ2v) is 7.19. The molecule has 0 aliphatic rings. The van der Waals surface area contributed by atoms with E-state index in [0.717, 1.165) is 10.6 Å². The van der Waals surface area contributed by atoms with Crippen LogP contribution in [-0.2, 0) is 9.59 Å². The molecule has 0 aliphatic heterocycles. The Balaban J connectivity index is 1.81. The highest BCUT2D eigenvalue weighted by molar-refractivity contribution is 7.98. The third-order valence-electron chi connectivity index (χ3n) is 3.55. The smallest absolute Gasteiger partial charge is 0.244 e. The van der Waals surface area contributed by atoms with Crippen molar-refractivity contribution in [3.8, 4) is 0 Å². The van der Waals surface area contributed by atoms with Crippen molar-refractivity contribution in [2.75, 3.05) is 25.2 Å². The van der Waals surface area contributed by atoms with Gasteiger partial charge in [-0.15, -0.1) is 23.1 Å². The monoisotopic (exact) mass is 376 g/mol. The van der Waals surface area contributed by atoms with Gasteiger partial charge in [0.05, 0.1) is 17.1 Å². The second kappa shape index (κ2) is 9.39. The minimum atomic E-state index is -0.262. The summed E-state index contributed by atoms with van der Waals surface area (Å²) in [6, 6.07) is 11.1. The van der Waals surface area contributed by atoms with E-state index in [1.54, 1.807) is 24.9 Å². The van der Waals surface area contributed by atoms with E-state index < -0.39 is 0 Å². The van der Waals surface area contributed by atoms with E-state index in [-0.39, 0.29) is 37.0 Å². The molecule has 1 aromatic heterocycles. The van der Waals surface area contributed by atoms with Crippen LogP contribution < -0.4 is 5.32 Å². The van der Waals surface area contributed by atoms with Crippen molar-refractivity contribution in [3.63, 3.8) is 0 Å². The lowest BCUT2D eigenvalue weighted by molar-refractivity contribution is -0.133. The molecule has 2 amide bonds. The molecule has 25 heavy (non-hydrogen) atoms. The van der Waals surface area contributed by atoms with Gasteiger partial charge in [0.15, 0.2) is 5.78 Å². The summed E-state index contributed by atoms with van der Waals surface area (Å²) in [6.45, 7) is -0.0469. The van der Waals surface area contributed by atoms with Crippen molar-refractivity contribution in [1.29, 1.82) is 0 Å². The van der Waals surface area contributed by atoms with Gasteiger partial charge in [0.1, 0.15) is 0 Å². The summed E-state index contributed by atoms with van der Waals surface area (Å²) in [6.07, 6.45) is 2.19. The number of anilines is 1. The molecule has 1 aromatic carbocycles. The van der Waals surface area contributed by atoms with Gasteiger partial charge in [-0.2, -0.15) is 0 Å². The van der Waals surface area contributed by atoms with Crippen molar-refractivity contribution in [3.05, 3.63) is 46.7 Å². The average molecular weight is 377 g/mol. The summed E-state index contributed by atoms with van der Waals surface area (Å²) in [5.41, 5.74) is 0.730. The Kier molecular flexibility index (Phi) is 7.21. The molecular weight excluding hydrogens is 356 g/mol. The number of hydrogen-bond donors (Lipinski definition) is 1. The van der Waals surface area contributed by atoms with E-state index in [2.05, 4.69) is 5.32 Å². The van der Waals surface area contributed by atoms with Crippen LogP contribution >= 0.6 is 23.1 Å². The quantitative estimate of drug-likeness (QED) is 0.565. The molecule has 0 bridgehead atoms. The predicted molar refractivity (Wildman–Crippen MR) is 102 cm³/mol. The summed E-state index contributed by atoms with van der Waals surface area (Å²) in [5, 5.41) is 4.65. The molecule has 1 heterocycles. The van der Waals surface area contributed by atoms with Crippen LogP contribution in [0, 0.1) is 0 Å². The Bertz CT molecular complexity index is 745. The number of Topliss-reactive ketones (excluding diaryl/α,β-unsaturated/α-hetero) is 1. The molecule has 0 radical (unpaired) electrons. The molecule has 0 saturated heterocycles. The molecule has 0 aliphatic carbocycles. The first-order valence-electron chi connectivity index (χ1n) is 7.74. The predicted octanol–water partition coefficient (Wildman–Crippen LogP) is 3.53. The van der Waals surface area contributed by atoms with Gasteiger partial charge in [0.2, 0.25) is 11.8 Å². The summed E-state index contributed by atoms with van der Waals surface area (Å²) in [5.74, 6) is -0.532. The fraction of sp³-hybridized carbons (Fsp3) is 0.278. The zero-order valence-electron chi connectivity index (χ0n) is 14.2. The first kappa shape index (κ1) is 19.2. The van der Waals surface area contributed by atoms with E-state index in [0.29, 0.717) is 4.88 Å². The summed E-state index contributed by atoms with van der Waals surface area (Å²) in [4.78, 5) is 39.2. The van der Waals surface area contributed by atoms with Crippen LogP contribution in [0.1, 0.15) is 22.5 Å². The number of carbonyl (C=O) groups excluding carboxylic acids is 3. The Hall–Kier alpha value is -2.12. The molecule has 2 rings (SSSR count). The Labute approximate surface area is 155 Å². The highest BCUT2D eigenvalue weighted by Crippen LogP contribution is 2.24. The lowest BCUT2D eigenvalue weighted by atomic mass is 10.2. The van der Waals surface area contributed by atoms with Gasteiger partial charge >= 0.3 is 0 Å². The molecule has 1 N–H and O–H groups in total. The number of thioether (sulfide) groups is 1. The maximum absolute atomic E-state index is 12.1. The van der Waals surface area contributed by atoms with Crippen LogP contribution in [0.5, 0.6) is 0 Å². The van der Waals surface area contributed by atoms with Crippen molar-refractivity contribution < 1.29 is 14.4 Å². The first-order valence-corrected chi connectivity index (χ1v) is 9.85. The van der Waals surface area contributed by atoms with E-state index in [1.807, 2.05) is 42.0 Å². The fourth-order valence-electron chi connectivity index (χ4n) is 2.21. The van der Waals surface area contributed by atoms with Crippen molar-refractivity contribution in [2.45, 2.75) is 17.7 Å². The standard InChI is InChI=1S/C18H20N2O3S2/c1-20(18(23)10-9-14(21)16-8-5-11-25-16)12-17(22)19-13-6-3-4-7-15(13)24-2/h3-8,11H,9-10,12H2,1-2H3,(H,19,22). The van der Waals surface area contributed by atoms with Crippen LogP contribution in [0.4, 0.5) is 5.69 Å². The van der Waals surface area contributed by atoms with Gasteiger partial charge in [-0.25, -0.2) is 0 Å². The number of benzene rings is 1. The van der Waals surface area contributed by atoms with E-state index in [9.17, 15) is 14.4 Å². The molecule has 0 unspecified atom stereocenters. The lowest BCUT2D eigenvalue weighted by Crippen LogP contribution is -2.35. The molecular formula is C18H20N2O3S2. The molecule has 0 atom stereocenters.